The second kappa shape index (κ2) is 8.83. The van der Waals surface area contributed by atoms with E-state index in [1.54, 1.807) is 0 Å². The molecule has 0 atom stereocenters. The van der Waals surface area contributed by atoms with Gasteiger partial charge in [0.05, 0.1) is 34.0 Å². The third-order valence-corrected chi connectivity index (χ3v) is 5.45. The number of hydrogen-bond acceptors (Lipinski definition) is 8. The maximum absolute atomic E-state index is 11.5. The highest BCUT2D eigenvalue weighted by Crippen LogP contribution is 2.36. The number of hydrogen-bond donors (Lipinski definition) is 1. The van der Waals surface area contributed by atoms with Gasteiger partial charge in [-0.3, -0.25) is 10.1 Å². The maximum atomic E-state index is 11.5. The van der Waals surface area contributed by atoms with Crippen molar-refractivity contribution in [3.05, 3.63) is 80.8 Å². The number of hydrazone groups is 1. The zero-order chi connectivity index (χ0) is 22.8. The summed E-state index contributed by atoms with van der Waals surface area (Å²) in [6, 6.07) is 18.4. The fraction of sp³-hybridized carbons (Fsp3) is 0.0870. The number of nitrogens with zero attached hydrogens (tertiary/aromatic N) is 4. The first-order chi connectivity index (χ1) is 16.1. The van der Waals surface area contributed by atoms with Crippen LogP contribution >= 0.6 is 15.9 Å². The lowest BCUT2D eigenvalue weighted by molar-refractivity contribution is -0.385. The predicted molar refractivity (Wildman–Crippen MR) is 128 cm³/mol. The lowest BCUT2D eigenvalue weighted by Crippen LogP contribution is -2.16. The molecule has 0 fully saturated rings. The van der Waals surface area contributed by atoms with Crippen molar-refractivity contribution in [2.24, 2.45) is 5.10 Å². The smallest absolute Gasteiger partial charge is 0.282 e. The summed E-state index contributed by atoms with van der Waals surface area (Å²) in [5.74, 6) is 1.04. The molecule has 0 unspecified atom stereocenters. The monoisotopic (exact) mass is 505 g/mol. The summed E-state index contributed by atoms with van der Waals surface area (Å²) in [7, 11) is 0. The Morgan fingerprint density at radius 2 is 1.79 bits per heavy atom. The number of halogens is 1. The van der Waals surface area contributed by atoms with Gasteiger partial charge in [0.2, 0.25) is 5.95 Å². The van der Waals surface area contributed by atoms with Crippen LogP contribution in [0.25, 0.3) is 22.2 Å². The van der Waals surface area contributed by atoms with E-state index in [1.165, 1.54) is 18.3 Å². The molecule has 0 amide bonds. The highest BCUT2D eigenvalue weighted by molar-refractivity contribution is 9.10. The fourth-order valence-corrected chi connectivity index (χ4v) is 3.84. The Morgan fingerprint density at radius 1 is 1.03 bits per heavy atom. The first-order valence-electron chi connectivity index (χ1n) is 9.98. The first-order valence-corrected chi connectivity index (χ1v) is 10.8. The average molecular weight is 506 g/mol. The van der Waals surface area contributed by atoms with Crippen molar-refractivity contribution in [2.45, 2.75) is 0 Å². The molecule has 0 radical (unpaired) electrons. The van der Waals surface area contributed by atoms with Gasteiger partial charge in [0.25, 0.3) is 5.69 Å². The molecule has 2 heterocycles. The minimum Gasteiger partial charge on any atom is -0.486 e. The van der Waals surface area contributed by atoms with Crippen LogP contribution in [-0.4, -0.2) is 34.3 Å². The number of nitro benzene ring substituents is 1. The van der Waals surface area contributed by atoms with E-state index < -0.39 is 4.92 Å². The number of nitro groups is 1. The second-order valence-electron chi connectivity index (χ2n) is 7.11. The summed E-state index contributed by atoms with van der Waals surface area (Å²) >= 11 is 3.50. The molecule has 10 heteroatoms. The zero-order valence-corrected chi connectivity index (χ0v) is 18.7. The van der Waals surface area contributed by atoms with Gasteiger partial charge in [-0.05, 0) is 24.3 Å². The topological polar surface area (TPSA) is 112 Å². The van der Waals surface area contributed by atoms with Crippen molar-refractivity contribution in [2.75, 3.05) is 18.6 Å². The number of fused-ring (bicyclic) bond motifs is 2. The second-order valence-corrected chi connectivity index (χ2v) is 8.02. The Kier molecular flexibility index (Phi) is 5.57. The van der Waals surface area contributed by atoms with E-state index in [9.17, 15) is 10.1 Å². The minimum atomic E-state index is -0.489. The third-order valence-electron chi connectivity index (χ3n) is 4.96. The Morgan fingerprint density at radius 3 is 2.55 bits per heavy atom. The molecule has 164 valence electrons. The summed E-state index contributed by atoms with van der Waals surface area (Å²) in [5.41, 5.74) is 5.33. The van der Waals surface area contributed by atoms with Gasteiger partial charge >= 0.3 is 0 Å². The van der Waals surface area contributed by atoms with Crippen LogP contribution in [0.4, 0.5) is 11.6 Å². The molecule has 9 nitrogen and oxygen atoms in total. The lowest BCUT2D eigenvalue weighted by Gasteiger charge is -2.18. The fourth-order valence-electron chi connectivity index (χ4n) is 3.48. The Hall–Kier alpha value is -4.05. The van der Waals surface area contributed by atoms with Crippen molar-refractivity contribution < 1.29 is 14.4 Å². The number of nitrogens with one attached hydrogen (secondary N) is 1. The quantitative estimate of drug-likeness (QED) is 0.225. The molecule has 5 rings (SSSR count). The summed E-state index contributed by atoms with van der Waals surface area (Å²) in [4.78, 5) is 20.2. The molecule has 33 heavy (non-hydrogen) atoms. The molecule has 0 saturated heterocycles. The molecule has 1 N–H and O–H groups in total. The van der Waals surface area contributed by atoms with Crippen LogP contribution in [0.15, 0.2) is 70.2 Å². The molecule has 1 aliphatic heterocycles. The van der Waals surface area contributed by atoms with Crippen LogP contribution in [0, 0.1) is 10.1 Å². The van der Waals surface area contributed by atoms with Gasteiger partial charge in [-0.2, -0.15) is 5.10 Å². The van der Waals surface area contributed by atoms with Crippen molar-refractivity contribution >= 4 is 44.7 Å². The Labute approximate surface area is 196 Å². The molecule has 0 spiro atoms. The van der Waals surface area contributed by atoms with Gasteiger partial charge < -0.3 is 9.47 Å². The Bertz CT molecular complexity index is 1400. The summed E-state index contributed by atoms with van der Waals surface area (Å²) in [6.45, 7) is 0.724. The van der Waals surface area contributed by atoms with Crippen LogP contribution in [0.1, 0.15) is 5.56 Å². The molecule has 0 aliphatic carbocycles. The van der Waals surface area contributed by atoms with Gasteiger partial charge in [-0.15, -0.1) is 0 Å². The van der Waals surface area contributed by atoms with E-state index in [4.69, 9.17) is 9.47 Å². The standard InChI is InChI=1S/C23H16BrN5O4/c24-16-6-7-18-17(11-16)22(14-4-2-1-3-5-14)27-23(26-18)28-25-13-15-10-20-21(33-9-8-32-20)12-19(15)29(30)31/h1-7,10-13H,8-9H2,(H,26,27,28)/b25-13-. The van der Waals surface area contributed by atoms with Gasteiger partial charge in [-0.25, -0.2) is 15.4 Å². The molecular formula is C23H16BrN5O4. The maximum Gasteiger partial charge on any atom is 0.282 e. The minimum absolute atomic E-state index is 0.140. The largest absolute Gasteiger partial charge is 0.486 e. The van der Waals surface area contributed by atoms with E-state index in [1.807, 2.05) is 48.5 Å². The van der Waals surface area contributed by atoms with Crippen LogP contribution in [-0.2, 0) is 0 Å². The van der Waals surface area contributed by atoms with Crippen LogP contribution in [0.2, 0.25) is 0 Å². The van der Waals surface area contributed by atoms with E-state index in [0.29, 0.717) is 24.7 Å². The molecule has 0 saturated carbocycles. The molecule has 1 aromatic heterocycles. The van der Waals surface area contributed by atoms with Gasteiger partial charge in [0, 0.05) is 15.4 Å². The van der Waals surface area contributed by atoms with E-state index in [0.717, 1.165) is 26.6 Å². The third kappa shape index (κ3) is 4.33. The van der Waals surface area contributed by atoms with Crippen LogP contribution in [0.5, 0.6) is 11.5 Å². The number of rotatable bonds is 5. The van der Waals surface area contributed by atoms with E-state index in [2.05, 4.69) is 36.4 Å². The molecular weight excluding hydrogens is 490 g/mol. The predicted octanol–water partition coefficient (Wildman–Crippen LogP) is 5.18. The normalized spacial score (nSPS) is 12.8. The van der Waals surface area contributed by atoms with E-state index >= 15 is 0 Å². The van der Waals surface area contributed by atoms with Crippen LogP contribution in [0.3, 0.4) is 0 Å². The molecule has 0 bridgehead atoms. The number of benzene rings is 3. The molecule has 4 aromatic rings. The van der Waals surface area contributed by atoms with Crippen molar-refractivity contribution in [1.29, 1.82) is 0 Å². The molecule has 1 aliphatic rings. The number of anilines is 1. The zero-order valence-electron chi connectivity index (χ0n) is 17.1. The van der Waals surface area contributed by atoms with Gasteiger partial charge in [-0.1, -0.05) is 46.3 Å². The summed E-state index contributed by atoms with van der Waals surface area (Å²) < 4.78 is 11.9. The van der Waals surface area contributed by atoms with Crippen molar-refractivity contribution in [1.82, 2.24) is 9.97 Å². The van der Waals surface area contributed by atoms with Crippen molar-refractivity contribution in [3.8, 4) is 22.8 Å². The number of aromatic nitrogens is 2. The lowest BCUT2D eigenvalue weighted by atomic mass is 10.1. The van der Waals surface area contributed by atoms with Gasteiger partial charge in [0.1, 0.15) is 13.2 Å². The molecule has 3 aromatic carbocycles. The SMILES string of the molecule is O=[N+]([O-])c1cc2c(cc1/C=N\Nc1nc(-c3ccccc3)c3cc(Br)ccc3n1)OCCO2. The summed E-state index contributed by atoms with van der Waals surface area (Å²) in [6.07, 6.45) is 1.34. The van der Waals surface area contributed by atoms with E-state index in [-0.39, 0.29) is 17.2 Å². The highest BCUT2D eigenvalue weighted by Gasteiger charge is 2.21. The first kappa shape index (κ1) is 20.8. The highest BCUT2D eigenvalue weighted by atomic mass is 79.9. The summed E-state index contributed by atoms with van der Waals surface area (Å²) in [5, 5.41) is 16.5. The number of ether oxygens (including phenoxy) is 2. The Balaban J connectivity index is 1.50. The van der Waals surface area contributed by atoms with Crippen LogP contribution < -0.4 is 14.9 Å². The van der Waals surface area contributed by atoms with Crippen molar-refractivity contribution in [3.63, 3.8) is 0 Å². The average Bonchev–Trinajstić information content (AvgIpc) is 2.83. The van der Waals surface area contributed by atoms with Gasteiger partial charge in [0.15, 0.2) is 11.5 Å².